The van der Waals surface area contributed by atoms with E-state index >= 15 is 0 Å². The Morgan fingerprint density at radius 2 is 1.33 bits per heavy atom. The second-order valence-corrected chi connectivity index (χ2v) is 5.99. The Hall–Kier alpha value is -3.86. The van der Waals surface area contributed by atoms with Gasteiger partial charge in [-0.2, -0.15) is 0 Å². The van der Waals surface area contributed by atoms with Gasteiger partial charge >= 0.3 is 0 Å². The van der Waals surface area contributed by atoms with Crippen molar-refractivity contribution in [2.45, 2.75) is 0 Å². The number of carbonyl (C=O) groups excluding carboxylic acids is 2. The zero-order valence-electron chi connectivity index (χ0n) is 14.3. The number of rotatable bonds is 4. The monoisotopic (exact) mass is 356 g/mol. The highest BCUT2D eigenvalue weighted by Crippen LogP contribution is 2.21. The van der Waals surface area contributed by atoms with Crippen molar-refractivity contribution in [2.75, 3.05) is 10.6 Å². The molecule has 0 aliphatic rings. The Morgan fingerprint density at radius 1 is 0.667 bits per heavy atom. The summed E-state index contributed by atoms with van der Waals surface area (Å²) in [4.78, 5) is 24.6. The van der Waals surface area contributed by atoms with Gasteiger partial charge < -0.3 is 15.1 Å². The van der Waals surface area contributed by atoms with Crippen molar-refractivity contribution in [1.29, 1.82) is 0 Å². The first-order valence-corrected chi connectivity index (χ1v) is 8.45. The number of amides is 2. The average Bonchev–Trinajstić information content (AvgIpc) is 3.24. The highest BCUT2D eigenvalue weighted by atomic mass is 16.3. The van der Waals surface area contributed by atoms with Crippen molar-refractivity contribution >= 4 is 34.0 Å². The second-order valence-electron chi connectivity index (χ2n) is 5.99. The average molecular weight is 356 g/mol. The van der Waals surface area contributed by atoms with Gasteiger partial charge in [0.1, 0.15) is 0 Å². The van der Waals surface area contributed by atoms with Crippen molar-refractivity contribution in [3.8, 4) is 0 Å². The third-order valence-corrected chi connectivity index (χ3v) is 4.18. The van der Waals surface area contributed by atoms with Gasteiger partial charge in [-0.25, -0.2) is 0 Å². The minimum absolute atomic E-state index is 0.181. The quantitative estimate of drug-likeness (QED) is 0.544. The third-order valence-electron chi connectivity index (χ3n) is 4.18. The molecule has 0 unspecified atom stereocenters. The summed E-state index contributed by atoms with van der Waals surface area (Å²) in [7, 11) is 0. The highest BCUT2D eigenvalue weighted by Gasteiger charge is 2.11. The second kappa shape index (κ2) is 7.17. The van der Waals surface area contributed by atoms with E-state index in [1.165, 1.54) is 6.26 Å². The summed E-state index contributed by atoms with van der Waals surface area (Å²) in [6.07, 6.45) is 1.45. The van der Waals surface area contributed by atoms with Crippen LogP contribution >= 0.6 is 0 Å². The number of furan rings is 1. The Labute approximate surface area is 155 Å². The summed E-state index contributed by atoms with van der Waals surface area (Å²) in [6, 6.07) is 23.6. The van der Waals surface area contributed by atoms with E-state index in [1.54, 1.807) is 42.5 Å². The van der Waals surface area contributed by atoms with E-state index in [4.69, 9.17) is 4.42 Å². The van der Waals surface area contributed by atoms with Gasteiger partial charge in [0.2, 0.25) is 0 Å². The predicted molar refractivity (Wildman–Crippen MR) is 105 cm³/mol. The summed E-state index contributed by atoms with van der Waals surface area (Å²) in [6.45, 7) is 0. The lowest BCUT2D eigenvalue weighted by Crippen LogP contribution is -2.13. The lowest BCUT2D eigenvalue weighted by atomic mass is 10.0. The molecule has 0 spiro atoms. The van der Waals surface area contributed by atoms with Crippen LogP contribution < -0.4 is 10.6 Å². The largest absolute Gasteiger partial charge is 0.459 e. The Kier molecular flexibility index (Phi) is 4.41. The first-order valence-electron chi connectivity index (χ1n) is 8.45. The molecule has 2 N–H and O–H groups in total. The number of hydrogen-bond donors (Lipinski definition) is 2. The van der Waals surface area contributed by atoms with Gasteiger partial charge in [-0.1, -0.05) is 36.4 Å². The van der Waals surface area contributed by atoms with Crippen LogP contribution in [0.5, 0.6) is 0 Å². The third kappa shape index (κ3) is 3.57. The van der Waals surface area contributed by atoms with Crippen LogP contribution in [0.25, 0.3) is 10.8 Å². The summed E-state index contributed by atoms with van der Waals surface area (Å²) >= 11 is 0. The Morgan fingerprint density at radius 3 is 2.04 bits per heavy atom. The fraction of sp³-hybridized carbons (Fsp3) is 0. The lowest BCUT2D eigenvalue weighted by Gasteiger charge is -2.09. The van der Waals surface area contributed by atoms with E-state index in [0.29, 0.717) is 16.9 Å². The number of carbonyl (C=O) groups is 2. The smallest absolute Gasteiger partial charge is 0.291 e. The van der Waals surface area contributed by atoms with Crippen LogP contribution in [0.2, 0.25) is 0 Å². The summed E-state index contributed by atoms with van der Waals surface area (Å²) in [5.41, 5.74) is 1.87. The molecule has 4 rings (SSSR count). The molecule has 0 saturated carbocycles. The molecule has 0 bridgehead atoms. The maximum absolute atomic E-state index is 12.7. The van der Waals surface area contributed by atoms with E-state index in [9.17, 15) is 9.59 Å². The number of fused-ring (bicyclic) bond motifs is 1. The molecule has 5 heteroatoms. The van der Waals surface area contributed by atoms with Crippen LogP contribution in [0, 0.1) is 0 Å². The maximum atomic E-state index is 12.7. The minimum atomic E-state index is -0.326. The fourth-order valence-corrected chi connectivity index (χ4v) is 2.86. The van der Waals surface area contributed by atoms with Gasteiger partial charge in [-0.3, -0.25) is 9.59 Å². The molecule has 2 amide bonds. The molecule has 3 aromatic carbocycles. The van der Waals surface area contributed by atoms with Crippen LogP contribution in [0.15, 0.2) is 89.5 Å². The van der Waals surface area contributed by atoms with Crippen LogP contribution in [-0.2, 0) is 0 Å². The summed E-state index contributed by atoms with van der Waals surface area (Å²) in [5, 5.41) is 7.54. The Balaban J connectivity index is 1.48. The van der Waals surface area contributed by atoms with Gasteiger partial charge in [0.05, 0.1) is 6.26 Å². The molecule has 5 nitrogen and oxygen atoms in total. The van der Waals surface area contributed by atoms with Gasteiger partial charge in [0, 0.05) is 16.9 Å². The molecule has 0 aliphatic carbocycles. The molecule has 132 valence electrons. The number of benzene rings is 3. The first kappa shape index (κ1) is 16.6. The van der Waals surface area contributed by atoms with E-state index in [2.05, 4.69) is 10.6 Å². The van der Waals surface area contributed by atoms with Crippen LogP contribution in [0.3, 0.4) is 0 Å². The van der Waals surface area contributed by atoms with Crippen LogP contribution in [-0.4, -0.2) is 11.8 Å². The zero-order chi connectivity index (χ0) is 18.6. The molecule has 0 atom stereocenters. The van der Waals surface area contributed by atoms with Crippen LogP contribution in [0.4, 0.5) is 11.4 Å². The number of anilines is 2. The highest BCUT2D eigenvalue weighted by molar-refractivity contribution is 6.13. The summed E-state index contributed by atoms with van der Waals surface area (Å²) in [5.74, 6) is -0.268. The van der Waals surface area contributed by atoms with E-state index in [-0.39, 0.29) is 17.6 Å². The van der Waals surface area contributed by atoms with Crippen molar-refractivity contribution in [1.82, 2.24) is 0 Å². The molecule has 0 fully saturated rings. The predicted octanol–water partition coefficient (Wildman–Crippen LogP) is 4.94. The van der Waals surface area contributed by atoms with Crippen molar-refractivity contribution in [3.63, 3.8) is 0 Å². The maximum Gasteiger partial charge on any atom is 0.291 e. The van der Waals surface area contributed by atoms with E-state index in [0.717, 1.165) is 10.8 Å². The van der Waals surface area contributed by atoms with Gasteiger partial charge in [-0.05, 0) is 53.2 Å². The zero-order valence-corrected chi connectivity index (χ0v) is 14.3. The van der Waals surface area contributed by atoms with Gasteiger partial charge in [-0.15, -0.1) is 0 Å². The van der Waals surface area contributed by atoms with E-state index < -0.39 is 0 Å². The van der Waals surface area contributed by atoms with Gasteiger partial charge in [0.15, 0.2) is 5.76 Å². The Bertz CT molecular complexity index is 1090. The fourth-order valence-electron chi connectivity index (χ4n) is 2.86. The molecular weight excluding hydrogens is 340 g/mol. The standard InChI is InChI=1S/C22H16N2O3/c25-21(19-8-3-6-15-5-1-2-7-18(15)19)23-16-10-12-17(13-11-16)24-22(26)20-9-4-14-27-20/h1-14H,(H,23,25)(H,24,26). The number of hydrogen-bond acceptors (Lipinski definition) is 3. The first-order chi connectivity index (χ1) is 13.2. The normalized spacial score (nSPS) is 10.5. The lowest BCUT2D eigenvalue weighted by molar-refractivity contribution is 0.0994. The van der Waals surface area contributed by atoms with Crippen molar-refractivity contribution < 1.29 is 14.0 Å². The molecule has 1 heterocycles. The molecule has 0 radical (unpaired) electrons. The summed E-state index contributed by atoms with van der Waals surface area (Å²) < 4.78 is 5.06. The van der Waals surface area contributed by atoms with Gasteiger partial charge in [0.25, 0.3) is 11.8 Å². The SMILES string of the molecule is O=C(Nc1ccc(NC(=O)c2cccc3ccccc23)cc1)c1ccco1. The molecule has 27 heavy (non-hydrogen) atoms. The number of nitrogens with one attached hydrogen (secondary N) is 2. The molecule has 4 aromatic rings. The molecular formula is C22H16N2O3. The molecule has 1 aromatic heterocycles. The van der Waals surface area contributed by atoms with Crippen LogP contribution in [0.1, 0.15) is 20.9 Å². The molecule has 0 saturated heterocycles. The van der Waals surface area contributed by atoms with Crippen molar-refractivity contribution in [3.05, 3.63) is 96.4 Å². The van der Waals surface area contributed by atoms with Crippen molar-refractivity contribution in [2.24, 2.45) is 0 Å². The topological polar surface area (TPSA) is 71.3 Å². The van der Waals surface area contributed by atoms with E-state index in [1.807, 2.05) is 36.4 Å². The molecule has 0 aliphatic heterocycles. The minimum Gasteiger partial charge on any atom is -0.459 e.